The number of aliphatic carboxylic acids is 1. The summed E-state index contributed by atoms with van der Waals surface area (Å²) in [6, 6.07) is 7.98. The van der Waals surface area contributed by atoms with Crippen LogP contribution in [-0.4, -0.2) is 59.7 Å². The first kappa shape index (κ1) is 13.5. The summed E-state index contributed by atoms with van der Waals surface area (Å²) in [6.07, 6.45) is 0. The van der Waals surface area contributed by atoms with E-state index >= 15 is 0 Å². The molecule has 0 aliphatic carbocycles. The first-order chi connectivity index (χ1) is 9.08. The zero-order chi connectivity index (χ0) is 13.8. The van der Waals surface area contributed by atoms with E-state index in [2.05, 4.69) is 0 Å². The van der Waals surface area contributed by atoms with E-state index in [0.29, 0.717) is 18.7 Å². The highest BCUT2D eigenvalue weighted by Crippen LogP contribution is 2.10. The maximum absolute atomic E-state index is 11.8. The SMILES string of the molecule is CN1CCN(OC(=O)c2ccccc2)CC1C(=O)O. The van der Waals surface area contributed by atoms with Crippen molar-refractivity contribution < 1.29 is 19.5 Å². The summed E-state index contributed by atoms with van der Waals surface area (Å²) in [5.41, 5.74) is 0.452. The fourth-order valence-electron chi connectivity index (χ4n) is 1.94. The van der Waals surface area contributed by atoms with Gasteiger partial charge in [-0.1, -0.05) is 18.2 Å². The number of carbonyl (C=O) groups is 2. The summed E-state index contributed by atoms with van der Waals surface area (Å²) < 4.78 is 0. The topological polar surface area (TPSA) is 70.1 Å². The van der Waals surface area contributed by atoms with E-state index in [-0.39, 0.29) is 6.54 Å². The lowest BCUT2D eigenvalue weighted by atomic mass is 10.2. The molecule has 0 amide bonds. The fourth-order valence-corrected chi connectivity index (χ4v) is 1.94. The Kier molecular flexibility index (Phi) is 4.13. The van der Waals surface area contributed by atoms with Crippen LogP contribution >= 0.6 is 0 Å². The molecule has 19 heavy (non-hydrogen) atoms. The molecule has 1 aromatic carbocycles. The zero-order valence-electron chi connectivity index (χ0n) is 10.7. The lowest BCUT2D eigenvalue weighted by molar-refractivity contribution is -0.164. The average Bonchev–Trinajstić information content (AvgIpc) is 2.41. The summed E-state index contributed by atoms with van der Waals surface area (Å²) in [6.45, 7) is 1.21. The Morgan fingerprint density at radius 3 is 2.58 bits per heavy atom. The summed E-state index contributed by atoms with van der Waals surface area (Å²) in [7, 11) is 1.75. The second-order valence-electron chi connectivity index (χ2n) is 4.47. The number of carboxylic acid groups (broad SMARTS) is 1. The Hall–Kier alpha value is -1.92. The lowest BCUT2D eigenvalue weighted by Gasteiger charge is -2.35. The Labute approximate surface area is 111 Å². The number of hydrogen-bond acceptors (Lipinski definition) is 5. The first-order valence-electron chi connectivity index (χ1n) is 6.03. The summed E-state index contributed by atoms with van der Waals surface area (Å²) in [5.74, 6) is -1.38. The van der Waals surface area contributed by atoms with Crippen molar-refractivity contribution in [3.8, 4) is 0 Å². The molecule has 1 N–H and O–H groups in total. The third kappa shape index (κ3) is 3.30. The maximum atomic E-state index is 11.8. The van der Waals surface area contributed by atoms with Gasteiger partial charge in [0.2, 0.25) is 0 Å². The predicted molar refractivity (Wildman–Crippen MR) is 67.5 cm³/mol. The number of carboxylic acids is 1. The van der Waals surface area contributed by atoms with E-state index in [1.807, 2.05) is 6.07 Å². The molecule has 2 rings (SSSR count). The maximum Gasteiger partial charge on any atom is 0.357 e. The minimum Gasteiger partial charge on any atom is -0.480 e. The lowest BCUT2D eigenvalue weighted by Crippen LogP contribution is -2.55. The fraction of sp³-hybridized carbons (Fsp3) is 0.385. The normalized spacial score (nSPS) is 21.0. The minimum atomic E-state index is -0.914. The van der Waals surface area contributed by atoms with Crippen molar-refractivity contribution in [1.82, 2.24) is 9.96 Å². The van der Waals surface area contributed by atoms with Crippen LogP contribution in [0.1, 0.15) is 10.4 Å². The van der Waals surface area contributed by atoms with Crippen molar-refractivity contribution in [3.05, 3.63) is 35.9 Å². The summed E-state index contributed by atoms with van der Waals surface area (Å²) in [5, 5.41) is 10.5. The number of hydroxylamine groups is 2. The predicted octanol–water partition coefficient (Wildman–Crippen LogP) is 0.459. The van der Waals surface area contributed by atoms with Gasteiger partial charge >= 0.3 is 11.9 Å². The van der Waals surface area contributed by atoms with E-state index in [4.69, 9.17) is 9.94 Å². The number of benzene rings is 1. The number of piperazine rings is 1. The van der Waals surface area contributed by atoms with E-state index in [1.54, 1.807) is 36.2 Å². The van der Waals surface area contributed by atoms with Crippen LogP contribution in [0.5, 0.6) is 0 Å². The van der Waals surface area contributed by atoms with Gasteiger partial charge in [-0.15, -0.1) is 5.06 Å². The number of rotatable bonds is 3. The molecule has 1 atom stereocenters. The van der Waals surface area contributed by atoms with Crippen molar-refractivity contribution in [2.75, 3.05) is 26.7 Å². The molecule has 1 fully saturated rings. The Morgan fingerprint density at radius 1 is 1.26 bits per heavy atom. The number of carbonyl (C=O) groups excluding carboxylic acids is 1. The van der Waals surface area contributed by atoms with Gasteiger partial charge in [-0.2, -0.15) is 0 Å². The van der Waals surface area contributed by atoms with Crippen LogP contribution in [0.2, 0.25) is 0 Å². The Balaban J connectivity index is 1.97. The number of nitrogens with zero attached hydrogens (tertiary/aromatic N) is 2. The van der Waals surface area contributed by atoms with Gasteiger partial charge in [0.1, 0.15) is 6.04 Å². The van der Waals surface area contributed by atoms with Crippen LogP contribution in [-0.2, 0) is 9.63 Å². The Bertz CT molecular complexity index is 463. The van der Waals surface area contributed by atoms with Gasteiger partial charge in [-0.3, -0.25) is 9.69 Å². The zero-order valence-corrected chi connectivity index (χ0v) is 10.7. The molecule has 0 saturated carbocycles. The molecule has 0 bridgehead atoms. The molecule has 0 radical (unpaired) electrons. The van der Waals surface area contributed by atoms with Crippen LogP contribution in [0.4, 0.5) is 0 Å². The van der Waals surface area contributed by atoms with Crippen molar-refractivity contribution >= 4 is 11.9 Å². The van der Waals surface area contributed by atoms with Gasteiger partial charge in [0.05, 0.1) is 12.1 Å². The van der Waals surface area contributed by atoms with Crippen molar-refractivity contribution in [2.45, 2.75) is 6.04 Å². The van der Waals surface area contributed by atoms with Crippen LogP contribution in [0.25, 0.3) is 0 Å². The second-order valence-corrected chi connectivity index (χ2v) is 4.47. The standard InChI is InChI=1S/C13H16N2O4/c1-14-7-8-15(9-11(14)12(16)17)19-13(18)10-5-3-2-4-6-10/h2-6,11H,7-9H2,1H3,(H,16,17). The molecule has 102 valence electrons. The number of likely N-dealkylation sites (N-methyl/N-ethyl adjacent to an activating group) is 1. The summed E-state index contributed by atoms with van der Waals surface area (Å²) in [4.78, 5) is 29.8. The third-order valence-corrected chi connectivity index (χ3v) is 3.12. The molecule has 1 heterocycles. The average molecular weight is 264 g/mol. The summed E-state index contributed by atoms with van der Waals surface area (Å²) >= 11 is 0. The molecular weight excluding hydrogens is 248 g/mol. The highest BCUT2D eigenvalue weighted by atomic mass is 16.7. The van der Waals surface area contributed by atoms with E-state index < -0.39 is 18.0 Å². The molecule has 1 unspecified atom stereocenters. The van der Waals surface area contributed by atoms with Gasteiger partial charge in [0.15, 0.2) is 0 Å². The second kappa shape index (κ2) is 5.81. The highest BCUT2D eigenvalue weighted by Gasteiger charge is 2.31. The molecule has 1 saturated heterocycles. The van der Waals surface area contributed by atoms with E-state index in [9.17, 15) is 9.59 Å². The monoisotopic (exact) mass is 264 g/mol. The van der Waals surface area contributed by atoms with Gasteiger partial charge in [-0.25, -0.2) is 4.79 Å². The first-order valence-corrected chi connectivity index (χ1v) is 6.03. The van der Waals surface area contributed by atoms with E-state index in [0.717, 1.165) is 0 Å². The largest absolute Gasteiger partial charge is 0.480 e. The molecule has 1 aromatic rings. The molecule has 0 spiro atoms. The molecule has 1 aliphatic heterocycles. The Morgan fingerprint density at radius 2 is 1.95 bits per heavy atom. The highest BCUT2D eigenvalue weighted by molar-refractivity contribution is 5.89. The van der Waals surface area contributed by atoms with Crippen molar-refractivity contribution in [1.29, 1.82) is 0 Å². The van der Waals surface area contributed by atoms with Gasteiger partial charge in [-0.05, 0) is 19.2 Å². The minimum absolute atomic E-state index is 0.171. The molecule has 0 aromatic heterocycles. The quantitative estimate of drug-likeness (QED) is 0.855. The van der Waals surface area contributed by atoms with Gasteiger partial charge in [0.25, 0.3) is 0 Å². The van der Waals surface area contributed by atoms with Crippen LogP contribution in [0.3, 0.4) is 0 Å². The van der Waals surface area contributed by atoms with Gasteiger partial charge < -0.3 is 9.94 Å². The van der Waals surface area contributed by atoms with Crippen molar-refractivity contribution in [3.63, 3.8) is 0 Å². The van der Waals surface area contributed by atoms with Crippen LogP contribution in [0.15, 0.2) is 30.3 Å². The molecule has 6 nitrogen and oxygen atoms in total. The van der Waals surface area contributed by atoms with Gasteiger partial charge in [0, 0.05) is 13.1 Å². The van der Waals surface area contributed by atoms with Crippen LogP contribution < -0.4 is 0 Å². The molecule has 6 heteroatoms. The van der Waals surface area contributed by atoms with E-state index in [1.165, 1.54) is 5.06 Å². The smallest absolute Gasteiger partial charge is 0.357 e. The number of hydrogen-bond donors (Lipinski definition) is 1. The van der Waals surface area contributed by atoms with Crippen molar-refractivity contribution in [2.24, 2.45) is 0 Å². The third-order valence-electron chi connectivity index (χ3n) is 3.12. The molecular formula is C13H16N2O4. The molecule has 1 aliphatic rings. The van der Waals surface area contributed by atoms with Crippen LogP contribution in [0, 0.1) is 0 Å².